The second-order valence-electron chi connectivity index (χ2n) is 10.2. The van der Waals surface area contributed by atoms with E-state index in [0.717, 1.165) is 17.5 Å². The molecule has 3 atom stereocenters. The van der Waals surface area contributed by atoms with Crippen LogP contribution in [0.5, 0.6) is 0 Å². The highest BCUT2D eigenvalue weighted by molar-refractivity contribution is 6.74. The van der Waals surface area contributed by atoms with E-state index >= 15 is 0 Å². The van der Waals surface area contributed by atoms with Gasteiger partial charge in [0.15, 0.2) is 8.32 Å². The number of benzene rings is 2. The number of morpholine rings is 1. The van der Waals surface area contributed by atoms with Gasteiger partial charge in [0.2, 0.25) is 5.91 Å². The van der Waals surface area contributed by atoms with Crippen molar-refractivity contribution < 1.29 is 14.0 Å². The minimum Gasteiger partial charge on any atom is -0.415 e. The summed E-state index contributed by atoms with van der Waals surface area (Å²) >= 11 is 12.5. The molecule has 0 aromatic heterocycles. The highest BCUT2D eigenvalue weighted by Gasteiger charge is 2.43. The van der Waals surface area contributed by atoms with Gasteiger partial charge in [-0.1, -0.05) is 75.2 Å². The molecule has 1 saturated heterocycles. The third kappa shape index (κ3) is 6.01. The standard InChI is InChI=1S/C26H35Cl2NO3Si/c1-7-22(16-32-33(5,6)26(2,3)4)29-23(30)17-31-25(19-9-8-10-21(28)15-19)24(29)18-11-13-20(27)14-12-18/h8-15,22,24-25H,7,16-17H2,1-6H3/t22-,24+,25+/m0/s1. The van der Waals surface area contributed by atoms with Crippen LogP contribution in [-0.4, -0.2) is 38.4 Å². The molecule has 1 amide bonds. The van der Waals surface area contributed by atoms with Gasteiger partial charge in [-0.15, -0.1) is 0 Å². The van der Waals surface area contributed by atoms with Crippen molar-refractivity contribution in [1.29, 1.82) is 0 Å². The van der Waals surface area contributed by atoms with Crippen molar-refractivity contribution in [1.82, 2.24) is 4.90 Å². The van der Waals surface area contributed by atoms with Crippen LogP contribution in [0.25, 0.3) is 0 Å². The minimum atomic E-state index is -1.97. The smallest absolute Gasteiger partial charge is 0.249 e. The maximum Gasteiger partial charge on any atom is 0.249 e. The van der Waals surface area contributed by atoms with Crippen molar-refractivity contribution in [3.05, 3.63) is 69.7 Å². The lowest BCUT2D eigenvalue weighted by atomic mass is 9.91. The fraction of sp³-hybridized carbons (Fsp3) is 0.500. The van der Waals surface area contributed by atoms with E-state index in [2.05, 4.69) is 40.8 Å². The molecule has 7 heteroatoms. The van der Waals surface area contributed by atoms with Crippen LogP contribution in [0, 0.1) is 0 Å². The maximum atomic E-state index is 13.3. The molecule has 0 N–H and O–H groups in total. The van der Waals surface area contributed by atoms with E-state index in [1.165, 1.54) is 0 Å². The van der Waals surface area contributed by atoms with E-state index in [9.17, 15) is 4.79 Å². The predicted octanol–water partition coefficient (Wildman–Crippen LogP) is 7.44. The summed E-state index contributed by atoms with van der Waals surface area (Å²) in [4.78, 5) is 15.3. The molecule has 0 spiro atoms. The summed E-state index contributed by atoms with van der Waals surface area (Å²) in [5.74, 6) is -0.0288. The molecule has 180 valence electrons. The van der Waals surface area contributed by atoms with Gasteiger partial charge in [0.1, 0.15) is 12.7 Å². The summed E-state index contributed by atoms with van der Waals surface area (Å²) in [6, 6.07) is 15.0. The highest BCUT2D eigenvalue weighted by atomic mass is 35.5. The Morgan fingerprint density at radius 1 is 1.09 bits per heavy atom. The summed E-state index contributed by atoms with van der Waals surface area (Å²) in [7, 11) is -1.97. The Bertz CT molecular complexity index is 959. The molecule has 4 nitrogen and oxygen atoms in total. The number of carbonyl (C=O) groups is 1. The Labute approximate surface area is 209 Å². The number of ether oxygens (including phenoxy) is 1. The number of hydrogen-bond donors (Lipinski definition) is 0. The SMILES string of the molecule is CC[C@@H](CO[Si](C)(C)C(C)(C)C)N1C(=O)CO[C@H](c2cccc(Cl)c2)[C@H]1c1ccc(Cl)cc1. The molecule has 1 aliphatic heterocycles. The van der Waals surface area contributed by atoms with Gasteiger partial charge >= 0.3 is 0 Å². The number of nitrogens with zero attached hydrogens (tertiary/aromatic N) is 1. The molecule has 0 unspecified atom stereocenters. The van der Waals surface area contributed by atoms with Crippen LogP contribution in [0.4, 0.5) is 0 Å². The molecule has 33 heavy (non-hydrogen) atoms. The van der Waals surface area contributed by atoms with Crippen LogP contribution in [0.15, 0.2) is 48.5 Å². The molecule has 0 bridgehead atoms. The van der Waals surface area contributed by atoms with Crippen molar-refractivity contribution >= 4 is 37.4 Å². The molecule has 3 rings (SSSR count). The van der Waals surface area contributed by atoms with Gasteiger partial charge in [0, 0.05) is 10.0 Å². The van der Waals surface area contributed by atoms with Crippen molar-refractivity contribution in [2.75, 3.05) is 13.2 Å². The lowest BCUT2D eigenvalue weighted by Gasteiger charge is -2.46. The van der Waals surface area contributed by atoms with E-state index in [-0.39, 0.29) is 35.7 Å². The third-order valence-corrected chi connectivity index (χ3v) is 11.9. The van der Waals surface area contributed by atoms with Crippen LogP contribution in [-0.2, 0) is 14.0 Å². The van der Waals surface area contributed by atoms with Crippen molar-refractivity contribution in [2.45, 2.75) is 70.4 Å². The Kier molecular flexibility index (Phi) is 8.34. The molecule has 0 saturated carbocycles. The molecule has 0 aliphatic carbocycles. The van der Waals surface area contributed by atoms with Gasteiger partial charge in [-0.3, -0.25) is 4.79 Å². The van der Waals surface area contributed by atoms with Crippen LogP contribution >= 0.6 is 23.2 Å². The molecule has 1 aliphatic rings. The maximum absolute atomic E-state index is 13.3. The second kappa shape index (κ2) is 10.5. The Morgan fingerprint density at radius 2 is 1.76 bits per heavy atom. The highest BCUT2D eigenvalue weighted by Crippen LogP contribution is 2.43. The first kappa shape index (κ1) is 26.2. The zero-order chi connectivity index (χ0) is 24.4. The monoisotopic (exact) mass is 507 g/mol. The number of carbonyl (C=O) groups excluding carboxylic acids is 1. The normalized spacial score (nSPS) is 20.7. The fourth-order valence-electron chi connectivity index (χ4n) is 3.93. The zero-order valence-corrected chi connectivity index (χ0v) is 22.9. The Hall–Kier alpha value is -1.37. The van der Waals surface area contributed by atoms with E-state index in [4.69, 9.17) is 32.4 Å². The van der Waals surface area contributed by atoms with E-state index in [1.54, 1.807) is 0 Å². The van der Waals surface area contributed by atoms with Crippen LogP contribution in [0.1, 0.15) is 57.4 Å². The van der Waals surface area contributed by atoms with Gasteiger partial charge < -0.3 is 14.1 Å². The van der Waals surface area contributed by atoms with Crippen LogP contribution in [0.2, 0.25) is 28.2 Å². The van der Waals surface area contributed by atoms with E-state index in [0.29, 0.717) is 16.7 Å². The summed E-state index contributed by atoms with van der Waals surface area (Å²) in [5.41, 5.74) is 1.92. The van der Waals surface area contributed by atoms with Gasteiger partial charge in [-0.25, -0.2) is 0 Å². The van der Waals surface area contributed by atoms with E-state index < -0.39 is 8.32 Å². The van der Waals surface area contributed by atoms with Crippen LogP contribution in [0.3, 0.4) is 0 Å². The van der Waals surface area contributed by atoms with Crippen molar-refractivity contribution in [3.8, 4) is 0 Å². The molecule has 2 aromatic carbocycles. The molecular weight excluding hydrogens is 473 g/mol. The average Bonchev–Trinajstić information content (AvgIpc) is 2.74. The molecule has 1 fully saturated rings. The Morgan fingerprint density at radius 3 is 2.33 bits per heavy atom. The Balaban J connectivity index is 2.01. The topological polar surface area (TPSA) is 38.8 Å². The summed E-state index contributed by atoms with van der Waals surface area (Å²) < 4.78 is 12.7. The van der Waals surface area contributed by atoms with Crippen molar-refractivity contribution in [3.63, 3.8) is 0 Å². The van der Waals surface area contributed by atoms with Crippen molar-refractivity contribution in [2.24, 2.45) is 0 Å². The number of hydrogen-bond acceptors (Lipinski definition) is 3. The number of rotatable bonds is 7. The first-order valence-corrected chi connectivity index (χ1v) is 15.2. The quantitative estimate of drug-likeness (QED) is 0.365. The first-order chi connectivity index (χ1) is 15.4. The average molecular weight is 509 g/mol. The van der Waals surface area contributed by atoms with E-state index in [1.807, 2.05) is 53.4 Å². The van der Waals surface area contributed by atoms with Gasteiger partial charge in [-0.05, 0) is 59.9 Å². The predicted molar refractivity (Wildman–Crippen MR) is 138 cm³/mol. The van der Waals surface area contributed by atoms with Crippen LogP contribution < -0.4 is 0 Å². The lowest BCUT2D eigenvalue weighted by molar-refractivity contribution is -0.164. The molecular formula is C26H35Cl2NO3Si. The lowest BCUT2D eigenvalue weighted by Crippen LogP contribution is -2.53. The van der Waals surface area contributed by atoms with Gasteiger partial charge in [-0.2, -0.15) is 0 Å². The minimum absolute atomic E-state index is 0.0257. The van der Waals surface area contributed by atoms with Gasteiger partial charge in [0.05, 0.1) is 18.7 Å². The zero-order valence-electron chi connectivity index (χ0n) is 20.4. The fourth-order valence-corrected chi connectivity index (χ4v) is 5.30. The molecule has 2 aromatic rings. The molecule has 1 heterocycles. The number of halogens is 2. The van der Waals surface area contributed by atoms with Gasteiger partial charge in [0.25, 0.3) is 0 Å². The summed E-state index contributed by atoms with van der Waals surface area (Å²) in [6.45, 7) is 13.8. The second-order valence-corrected chi connectivity index (χ2v) is 15.9. The molecule has 0 radical (unpaired) electrons. The summed E-state index contributed by atoms with van der Waals surface area (Å²) in [5, 5.41) is 1.39. The summed E-state index contributed by atoms with van der Waals surface area (Å²) in [6.07, 6.45) is 0.441. The first-order valence-electron chi connectivity index (χ1n) is 11.5. The number of amides is 1. The largest absolute Gasteiger partial charge is 0.415 e. The third-order valence-electron chi connectivity index (χ3n) is 6.96.